The maximum atomic E-state index is 11.9. The summed E-state index contributed by atoms with van der Waals surface area (Å²) in [5.74, 6) is 0.680. The summed E-state index contributed by atoms with van der Waals surface area (Å²) in [5.41, 5.74) is 2.50. The third kappa shape index (κ3) is 3.86. The van der Waals surface area contributed by atoms with Crippen LogP contribution in [-0.2, 0) is 4.74 Å². The highest BCUT2D eigenvalue weighted by Gasteiger charge is 2.25. The first-order valence-electron chi connectivity index (χ1n) is 7.90. The summed E-state index contributed by atoms with van der Waals surface area (Å²) in [4.78, 5) is 16.5. The Hall–Kier alpha value is -1.56. The van der Waals surface area contributed by atoms with Gasteiger partial charge < -0.3 is 14.5 Å². The lowest BCUT2D eigenvalue weighted by atomic mass is 10.2. The molecule has 1 fully saturated rings. The van der Waals surface area contributed by atoms with Gasteiger partial charge in [0.25, 0.3) is 0 Å². The Bertz CT molecular complexity index is 744. The van der Waals surface area contributed by atoms with E-state index in [9.17, 15) is 4.79 Å². The number of hydrogen-bond acceptors (Lipinski definition) is 3. The lowest BCUT2D eigenvalue weighted by Gasteiger charge is -2.21. The average Bonchev–Trinajstić information content (AvgIpc) is 3.15. The van der Waals surface area contributed by atoms with Gasteiger partial charge in [-0.15, -0.1) is 0 Å². The molecule has 2 heterocycles. The van der Waals surface area contributed by atoms with Gasteiger partial charge in [-0.2, -0.15) is 0 Å². The maximum Gasteiger partial charge on any atom is 0.408 e. The van der Waals surface area contributed by atoms with Crippen molar-refractivity contribution in [2.24, 2.45) is 0 Å². The molecule has 0 saturated heterocycles. The number of rotatable bonds is 3. The van der Waals surface area contributed by atoms with E-state index < -0.39 is 11.7 Å². The lowest BCUT2D eigenvalue weighted by molar-refractivity contribution is 0.0507. The average molecular weight is 380 g/mol. The van der Waals surface area contributed by atoms with Crippen LogP contribution < -0.4 is 5.32 Å². The Balaban J connectivity index is 1.79. The molecule has 1 aliphatic carbocycles. The smallest absolute Gasteiger partial charge is 0.408 e. The number of hydrogen-bond donors (Lipinski definition) is 1. The summed E-state index contributed by atoms with van der Waals surface area (Å²) in [6.07, 6.45) is 6.19. The van der Waals surface area contributed by atoms with Crippen LogP contribution >= 0.6 is 15.9 Å². The number of fused-ring (bicyclic) bond motifs is 1. The molecule has 5 nitrogen and oxygen atoms in total. The monoisotopic (exact) mass is 379 g/mol. The van der Waals surface area contributed by atoms with Crippen LogP contribution in [0.3, 0.4) is 0 Å². The summed E-state index contributed by atoms with van der Waals surface area (Å²) in [5, 5.41) is 2.83. The molecule has 1 aliphatic rings. The molecule has 0 radical (unpaired) electrons. The highest BCUT2D eigenvalue weighted by Crippen LogP contribution is 2.41. The third-order valence-corrected chi connectivity index (χ3v) is 4.36. The molecule has 3 rings (SSSR count). The van der Waals surface area contributed by atoms with Crippen LogP contribution in [0, 0.1) is 0 Å². The number of amides is 1. The van der Waals surface area contributed by atoms with Crippen molar-refractivity contribution in [2.45, 2.75) is 58.1 Å². The van der Waals surface area contributed by atoms with E-state index in [-0.39, 0.29) is 6.04 Å². The zero-order valence-electron chi connectivity index (χ0n) is 13.9. The molecule has 124 valence electrons. The van der Waals surface area contributed by atoms with E-state index in [1.807, 2.05) is 38.3 Å². The van der Waals surface area contributed by atoms with Crippen molar-refractivity contribution in [3.8, 4) is 0 Å². The van der Waals surface area contributed by atoms with E-state index in [1.165, 1.54) is 18.4 Å². The van der Waals surface area contributed by atoms with Gasteiger partial charge in [-0.3, -0.25) is 0 Å². The summed E-state index contributed by atoms with van der Waals surface area (Å²) in [6.45, 7) is 7.44. The number of carbonyl (C=O) groups is 1. The molecular weight excluding hydrogens is 358 g/mol. The normalized spacial score (nSPS) is 16.4. The summed E-state index contributed by atoms with van der Waals surface area (Å²) < 4.78 is 8.30. The zero-order chi connectivity index (χ0) is 16.8. The summed E-state index contributed by atoms with van der Waals surface area (Å²) in [7, 11) is 0. The fraction of sp³-hybridized carbons (Fsp3) is 0.529. The molecule has 1 atom stereocenters. The van der Waals surface area contributed by atoms with Gasteiger partial charge in [0.05, 0.1) is 16.2 Å². The minimum atomic E-state index is -0.509. The number of imidazole rings is 1. The van der Waals surface area contributed by atoms with Gasteiger partial charge in [-0.1, -0.05) is 0 Å². The molecule has 0 aromatic carbocycles. The van der Waals surface area contributed by atoms with Gasteiger partial charge in [0.2, 0.25) is 0 Å². The van der Waals surface area contributed by atoms with Crippen LogP contribution in [0.4, 0.5) is 4.79 Å². The number of carbonyl (C=O) groups excluding carboxylic acids is 1. The van der Waals surface area contributed by atoms with Crippen molar-refractivity contribution >= 4 is 27.7 Å². The van der Waals surface area contributed by atoms with Crippen LogP contribution in [0.5, 0.6) is 0 Å². The summed E-state index contributed by atoms with van der Waals surface area (Å²) >= 11 is 3.60. The van der Waals surface area contributed by atoms with E-state index in [0.717, 1.165) is 15.8 Å². The fourth-order valence-corrected chi connectivity index (χ4v) is 3.06. The Morgan fingerprint density at radius 1 is 1.43 bits per heavy atom. The molecule has 0 spiro atoms. The van der Waals surface area contributed by atoms with Gasteiger partial charge in [0.1, 0.15) is 5.60 Å². The van der Waals surface area contributed by atoms with Crippen LogP contribution in [-0.4, -0.2) is 21.1 Å². The molecule has 0 aliphatic heterocycles. The Morgan fingerprint density at radius 2 is 2.13 bits per heavy atom. The molecule has 1 amide bonds. The first-order chi connectivity index (χ1) is 10.7. The Kier molecular flexibility index (Phi) is 4.12. The van der Waals surface area contributed by atoms with E-state index in [1.54, 1.807) is 0 Å². The number of nitrogens with one attached hydrogen (secondary N) is 1. The number of aromatic nitrogens is 2. The van der Waals surface area contributed by atoms with E-state index in [2.05, 4.69) is 38.5 Å². The van der Waals surface area contributed by atoms with Crippen molar-refractivity contribution in [1.29, 1.82) is 0 Å². The molecule has 2 aromatic rings. The van der Waals surface area contributed by atoms with E-state index in [4.69, 9.17) is 4.74 Å². The third-order valence-electron chi connectivity index (χ3n) is 3.77. The number of pyridine rings is 1. The zero-order valence-corrected chi connectivity index (χ0v) is 15.5. The molecule has 1 N–H and O–H groups in total. The quantitative estimate of drug-likeness (QED) is 0.849. The molecule has 6 heteroatoms. The van der Waals surface area contributed by atoms with E-state index >= 15 is 0 Å². The Morgan fingerprint density at radius 3 is 2.74 bits per heavy atom. The highest BCUT2D eigenvalue weighted by molar-refractivity contribution is 9.10. The minimum absolute atomic E-state index is 0.221. The number of alkyl carbamates (subject to hydrolysis) is 1. The Labute approximate surface area is 144 Å². The molecule has 0 unspecified atom stereocenters. The molecule has 0 bridgehead atoms. The lowest BCUT2D eigenvalue weighted by Crippen LogP contribution is -2.34. The second-order valence-electron chi connectivity index (χ2n) is 7.16. The van der Waals surface area contributed by atoms with E-state index in [0.29, 0.717) is 5.92 Å². The standard InChI is InChI=1S/C17H22BrN3O2/c1-10(19-16(22)23-17(2,3)4)14-9-21-8-12(11-5-6-11)7-13(18)15(21)20-14/h7-11H,5-6H2,1-4H3,(H,19,22)/t10-/m1/s1. The number of nitrogens with zero attached hydrogens (tertiary/aromatic N) is 2. The fourth-order valence-electron chi connectivity index (χ4n) is 2.50. The second kappa shape index (κ2) is 5.82. The van der Waals surface area contributed by atoms with Gasteiger partial charge in [-0.25, -0.2) is 9.78 Å². The SMILES string of the molecule is C[C@@H](NC(=O)OC(C)(C)C)c1cn2cc(C3CC3)cc(Br)c2n1. The van der Waals surface area contributed by atoms with Gasteiger partial charge >= 0.3 is 6.09 Å². The first-order valence-corrected chi connectivity index (χ1v) is 8.70. The van der Waals surface area contributed by atoms with Crippen molar-refractivity contribution < 1.29 is 9.53 Å². The largest absolute Gasteiger partial charge is 0.444 e. The second-order valence-corrected chi connectivity index (χ2v) is 8.01. The predicted molar refractivity (Wildman–Crippen MR) is 92.7 cm³/mol. The first kappa shape index (κ1) is 16.3. The number of ether oxygens (including phenoxy) is 1. The topological polar surface area (TPSA) is 55.6 Å². The minimum Gasteiger partial charge on any atom is -0.444 e. The highest BCUT2D eigenvalue weighted by atomic mass is 79.9. The van der Waals surface area contributed by atoms with Crippen LogP contribution in [0.25, 0.3) is 5.65 Å². The van der Waals surface area contributed by atoms with Crippen molar-refractivity contribution in [2.75, 3.05) is 0 Å². The van der Waals surface area contributed by atoms with Gasteiger partial charge in [-0.05, 0) is 74.0 Å². The molecule has 1 saturated carbocycles. The van der Waals surface area contributed by atoms with Crippen LogP contribution in [0.15, 0.2) is 22.9 Å². The van der Waals surface area contributed by atoms with Crippen molar-refractivity contribution in [3.63, 3.8) is 0 Å². The molecule has 2 aromatic heterocycles. The predicted octanol–water partition coefficient (Wildman–Crippen LogP) is 4.56. The maximum absolute atomic E-state index is 11.9. The van der Waals surface area contributed by atoms with Gasteiger partial charge in [0, 0.05) is 12.4 Å². The molecule has 23 heavy (non-hydrogen) atoms. The number of halogens is 1. The van der Waals surface area contributed by atoms with Crippen LogP contribution in [0.2, 0.25) is 0 Å². The van der Waals surface area contributed by atoms with Crippen LogP contribution in [0.1, 0.15) is 63.8 Å². The van der Waals surface area contributed by atoms with Crippen molar-refractivity contribution in [3.05, 3.63) is 34.2 Å². The van der Waals surface area contributed by atoms with Crippen molar-refractivity contribution in [1.82, 2.24) is 14.7 Å². The molecular formula is C17H22BrN3O2. The summed E-state index contributed by atoms with van der Waals surface area (Å²) in [6, 6.07) is 1.93. The van der Waals surface area contributed by atoms with Gasteiger partial charge in [0.15, 0.2) is 5.65 Å².